The zero-order valence-electron chi connectivity index (χ0n) is 11.1. The van der Waals surface area contributed by atoms with Crippen molar-refractivity contribution < 1.29 is 4.92 Å². The molecule has 0 spiro atoms. The first-order chi connectivity index (χ1) is 9.06. The summed E-state index contributed by atoms with van der Waals surface area (Å²) in [6, 6.07) is 9.20. The fraction of sp³-hybridized carbons (Fsp3) is 0.533. The van der Waals surface area contributed by atoms with Gasteiger partial charge in [-0.2, -0.15) is 5.26 Å². The summed E-state index contributed by atoms with van der Waals surface area (Å²) < 4.78 is 0. The van der Waals surface area contributed by atoms with E-state index in [2.05, 4.69) is 13.0 Å². The Labute approximate surface area is 113 Å². The maximum absolute atomic E-state index is 11.0. The highest BCUT2D eigenvalue weighted by Crippen LogP contribution is 2.42. The Hall–Kier alpha value is -1.89. The molecule has 4 nitrogen and oxygen atoms in total. The van der Waals surface area contributed by atoms with Crippen molar-refractivity contribution in [1.82, 2.24) is 0 Å². The first-order valence-electron chi connectivity index (χ1n) is 6.70. The van der Waals surface area contributed by atoms with E-state index in [9.17, 15) is 15.4 Å². The van der Waals surface area contributed by atoms with Gasteiger partial charge in [-0.25, -0.2) is 0 Å². The molecule has 0 atom stereocenters. The maximum atomic E-state index is 11.0. The van der Waals surface area contributed by atoms with Crippen molar-refractivity contribution in [2.75, 3.05) is 0 Å². The predicted octanol–water partition coefficient (Wildman–Crippen LogP) is 3.86. The Kier molecular flexibility index (Phi) is 3.84. The average molecular weight is 258 g/mol. The van der Waals surface area contributed by atoms with Gasteiger partial charge in [0.25, 0.3) is 5.69 Å². The molecule has 0 radical (unpaired) electrons. The van der Waals surface area contributed by atoms with Crippen LogP contribution in [0.25, 0.3) is 0 Å². The second-order valence-corrected chi connectivity index (χ2v) is 5.64. The second-order valence-electron chi connectivity index (χ2n) is 5.64. The lowest BCUT2D eigenvalue weighted by atomic mass is 9.68. The van der Waals surface area contributed by atoms with E-state index in [1.54, 1.807) is 18.2 Å². The van der Waals surface area contributed by atoms with Crippen LogP contribution in [0.5, 0.6) is 0 Å². The highest BCUT2D eigenvalue weighted by atomic mass is 16.6. The second kappa shape index (κ2) is 5.40. The quantitative estimate of drug-likeness (QED) is 0.610. The number of nitro groups is 1. The van der Waals surface area contributed by atoms with E-state index in [0.29, 0.717) is 17.9 Å². The third-order valence-corrected chi connectivity index (χ3v) is 4.19. The van der Waals surface area contributed by atoms with Gasteiger partial charge in [0, 0.05) is 11.6 Å². The number of nitriles is 1. The van der Waals surface area contributed by atoms with Crippen LogP contribution < -0.4 is 0 Å². The van der Waals surface area contributed by atoms with Crippen molar-refractivity contribution in [3.63, 3.8) is 0 Å². The van der Waals surface area contributed by atoms with Gasteiger partial charge in [-0.3, -0.25) is 10.1 Å². The molecule has 1 aromatic rings. The van der Waals surface area contributed by atoms with Crippen LogP contribution in [0.3, 0.4) is 0 Å². The minimum atomic E-state index is -0.418. The maximum Gasteiger partial charge on any atom is 0.272 e. The van der Waals surface area contributed by atoms with Gasteiger partial charge >= 0.3 is 0 Å². The summed E-state index contributed by atoms with van der Waals surface area (Å²) in [6.07, 6.45) is 4.25. The van der Waals surface area contributed by atoms with Crippen molar-refractivity contribution in [2.45, 2.75) is 39.0 Å². The van der Waals surface area contributed by atoms with Crippen molar-refractivity contribution in [3.05, 3.63) is 39.9 Å². The molecule has 0 saturated heterocycles. The minimum Gasteiger partial charge on any atom is -0.258 e. The molecular formula is C15H18N2O2. The van der Waals surface area contributed by atoms with Gasteiger partial charge in [0.2, 0.25) is 0 Å². The van der Waals surface area contributed by atoms with E-state index in [-0.39, 0.29) is 10.6 Å². The van der Waals surface area contributed by atoms with Gasteiger partial charge in [0.05, 0.1) is 16.4 Å². The summed E-state index contributed by atoms with van der Waals surface area (Å²) in [5.74, 6) is 0.659. The fourth-order valence-corrected chi connectivity index (χ4v) is 2.85. The van der Waals surface area contributed by atoms with Crippen LogP contribution in [0.4, 0.5) is 5.69 Å². The van der Waals surface area contributed by atoms with Crippen LogP contribution in [0, 0.1) is 32.8 Å². The molecular weight excluding hydrogens is 240 g/mol. The molecule has 0 bridgehead atoms. The molecule has 0 aromatic heterocycles. The number of nitrogens with zero attached hydrogens (tertiary/aromatic N) is 2. The first kappa shape index (κ1) is 13.5. The Morgan fingerprint density at radius 1 is 1.42 bits per heavy atom. The summed E-state index contributed by atoms with van der Waals surface area (Å²) in [4.78, 5) is 10.7. The Morgan fingerprint density at radius 2 is 2.05 bits per heavy atom. The molecule has 2 rings (SSSR count). The van der Waals surface area contributed by atoms with E-state index >= 15 is 0 Å². The molecule has 0 N–H and O–H groups in total. The van der Waals surface area contributed by atoms with Crippen LogP contribution in [0.2, 0.25) is 0 Å². The van der Waals surface area contributed by atoms with Crippen LogP contribution in [0.15, 0.2) is 24.3 Å². The third-order valence-electron chi connectivity index (χ3n) is 4.19. The van der Waals surface area contributed by atoms with Crippen LogP contribution in [0.1, 0.15) is 38.2 Å². The van der Waals surface area contributed by atoms with E-state index in [1.165, 1.54) is 6.07 Å². The average Bonchev–Trinajstić information content (AvgIpc) is 2.42. The monoisotopic (exact) mass is 258 g/mol. The molecule has 100 valence electrons. The Balaban J connectivity index is 2.24. The molecule has 0 unspecified atom stereocenters. The summed E-state index contributed by atoms with van der Waals surface area (Å²) >= 11 is 0. The van der Waals surface area contributed by atoms with Crippen LogP contribution in [-0.2, 0) is 6.42 Å². The highest BCUT2D eigenvalue weighted by molar-refractivity contribution is 5.41. The summed E-state index contributed by atoms with van der Waals surface area (Å²) in [5, 5.41) is 20.5. The largest absolute Gasteiger partial charge is 0.272 e. The molecule has 0 heterocycles. The Bertz CT molecular complexity index is 511. The molecule has 1 saturated carbocycles. The van der Waals surface area contributed by atoms with Crippen molar-refractivity contribution in [1.29, 1.82) is 5.26 Å². The summed E-state index contributed by atoms with van der Waals surface area (Å²) in [6.45, 7) is 2.20. The third kappa shape index (κ3) is 2.93. The number of benzene rings is 1. The number of para-hydroxylation sites is 1. The zero-order valence-corrected chi connectivity index (χ0v) is 11.1. The van der Waals surface area contributed by atoms with Crippen molar-refractivity contribution in [3.8, 4) is 6.07 Å². The molecule has 4 heteroatoms. The van der Waals surface area contributed by atoms with Crippen LogP contribution >= 0.6 is 0 Å². The van der Waals surface area contributed by atoms with Gasteiger partial charge in [0.1, 0.15) is 0 Å². The molecule has 19 heavy (non-hydrogen) atoms. The lowest BCUT2D eigenvalue weighted by Crippen LogP contribution is -2.27. The highest BCUT2D eigenvalue weighted by Gasteiger charge is 2.36. The van der Waals surface area contributed by atoms with E-state index in [1.807, 2.05) is 0 Å². The minimum absolute atomic E-state index is 0.135. The number of hydrogen-bond acceptors (Lipinski definition) is 3. The van der Waals surface area contributed by atoms with E-state index in [0.717, 1.165) is 25.7 Å². The molecule has 1 aromatic carbocycles. The van der Waals surface area contributed by atoms with Gasteiger partial charge in [-0.15, -0.1) is 0 Å². The zero-order chi connectivity index (χ0) is 13.9. The molecule has 0 amide bonds. The van der Waals surface area contributed by atoms with Gasteiger partial charge < -0.3 is 0 Å². The summed E-state index contributed by atoms with van der Waals surface area (Å²) in [5.41, 5.74) is 0.401. The number of hydrogen-bond donors (Lipinski definition) is 0. The molecule has 1 fully saturated rings. The van der Waals surface area contributed by atoms with Crippen molar-refractivity contribution >= 4 is 5.69 Å². The predicted molar refractivity (Wildman–Crippen MR) is 72.5 cm³/mol. The van der Waals surface area contributed by atoms with Gasteiger partial charge in [0.15, 0.2) is 0 Å². The van der Waals surface area contributed by atoms with Crippen molar-refractivity contribution in [2.24, 2.45) is 11.3 Å². The smallest absolute Gasteiger partial charge is 0.258 e. The molecule has 1 aliphatic carbocycles. The summed E-state index contributed by atoms with van der Waals surface area (Å²) in [7, 11) is 0. The van der Waals surface area contributed by atoms with E-state index in [4.69, 9.17) is 0 Å². The lowest BCUT2D eigenvalue weighted by molar-refractivity contribution is -0.385. The van der Waals surface area contributed by atoms with E-state index < -0.39 is 5.41 Å². The normalized spacial score (nSPS) is 26.6. The lowest BCUT2D eigenvalue weighted by Gasteiger charge is -2.33. The van der Waals surface area contributed by atoms with Gasteiger partial charge in [-0.05, 0) is 38.0 Å². The molecule has 1 aliphatic rings. The van der Waals surface area contributed by atoms with Gasteiger partial charge in [-0.1, -0.05) is 25.1 Å². The van der Waals surface area contributed by atoms with Crippen LogP contribution in [-0.4, -0.2) is 4.92 Å². The SMILES string of the molecule is CC1CCC(C#N)(Cc2ccccc2[N+](=O)[O-])CC1. The number of rotatable bonds is 3. The first-order valence-corrected chi connectivity index (χ1v) is 6.70. The number of nitro benzene ring substituents is 1. The molecule has 0 aliphatic heterocycles. The topological polar surface area (TPSA) is 66.9 Å². The fourth-order valence-electron chi connectivity index (χ4n) is 2.85. The Morgan fingerprint density at radius 3 is 2.63 bits per heavy atom. The standard InChI is InChI=1S/C15H18N2O2/c1-12-6-8-15(11-16,9-7-12)10-13-4-2-3-5-14(13)17(18)19/h2-5,12H,6-10H2,1H3.